The van der Waals surface area contributed by atoms with Gasteiger partial charge >= 0.3 is 5.97 Å². The Kier molecular flexibility index (Phi) is 4.14. The molecule has 13 heavy (non-hydrogen) atoms. The van der Waals surface area contributed by atoms with E-state index in [2.05, 4.69) is 10.2 Å². The fraction of sp³-hybridized carbons (Fsp3) is 0.875. The molecule has 2 N–H and O–H groups in total. The zero-order chi connectivity index (χ0) is 9.68. The molecule has 0 spiro atoms. The van der Waals surface area contributed by atoms with Crippen LogP contribution in [0.5, 0.6) is 0 Å². The first kappa shape index (κ1) is 10.4. The third kappa shape index (κ3) is 3.30. The number of nitrogens with one attached hydrogen (secondary N) is 1. The van der Waals surface area contributed by atoms with Crippen LogP contribution in [0, 0.1) is 0 Å². The van der Waals surface area contributed by atoms with E-state index in [1.54, 1.807) is 7.05 Å². The number of nitrogens with zero attached hydrogens (tertiary/aromatic N) is 1. The molecule has 1 unspecified atom stereocenters. The predicted molar refractivity (Wildman–Crippen MR) is 47.7 cm³/mol. The highest BCUT2D eigenvalue weighted by Crippen LogP contribution is 1.98. The minimum atomic E-state index is -0.797. The summed E-state index contributed by atoms with van der Waals surface area (Å²) in [5.74, 6) is -0.797. The van der Waals surface area contributed by atoms with Crippen molar-refractivity contribution in [2.24, 2.45) is 0 Å². The Morgan fingerprint density at radius 2 is 2.23 bits per heavy atom. The molecule has 1 aliphatic rings. The van der Waals surface area contributed by atoms with Crippen molar-refractivity contribution in [3.63, 3.8) is 0 Å². The molecular formula is C8H16N2O3. The molecule has 0 aromatic rings. The molecule has 0 radical (unpaired) electrons. The fourth-order valence-corrected chi connectivity index (χ4v) is 1.33. The standard InChI is InChI=1S/C8H16N2O3/c1-9-7(8(11)12)6-10-2-4-13-5-3-10/h7,9H,2-6H2,1H3,(H,11,12). The number of morpholine rings is 1. The smallest absolute Gasteiger partial charge is 0.322 e. The van der Waals surface area contributed by atoms with Crippen molar-refractivity contribution in [2.75, 3.05) is 39.9 Å². The number of carbonyl (C=O) groups is 1. The molecule has 1 atom stereocenters. The Bertz CT molecular complexity index is 169. The van der Waals surface area contributed by atoms with Crippen molar-refractivity contribution in [1.29, 1.82) is 0 Å². The lowest BCUT2D eigenvalue weighted by Crippen LogP contribution is -2.48. The monoisotopic (exact) mass is 188 g/mol. The van der Waals surface area contributed by atoms with Gasteiger partial charge in [0.05, 0.1) is 13.2 Å². The number of ether oxygens (including phenoxy) is 1. The molecule has 1 aliphatic heterocycles. The van der Waals surface area contributed by atoms with Crippen LogP contribution in [0.25, 0.3) is 0 Å². The van der Waals surface area contributed by atoms with E-state index in [1.165, 1.54) is 0 Å². The van der Waals surface area contributed by atoms with Crippen LogP contribution in [0.2, 0.25) is 0 Å². The first-order valence-electron chi connectivity index (χ1n) is 4.44. The Hall–Kier alpha value is -0.650. The van der Waals surface area contributed by atoms with E-state index in [4.69, 9.17) is 9.84 Å². The van der Waals surface area contributed by atoms with Gasteiger partial charge in [0, 0.05) is 19.6 Å². The van der Waals surface area contributed by atoms with Crippen molar-refractivity contribution in [3.8, 4) is 0 Å². The number of hydrogen-bond donors (Lipinski definition) is 2. The fourth-order valence-electron chi connectivity index (χ4n) is 1.33. The molecule has 5 heteroatoms. The lowest BCUT2D eigenvalue weighted by molar-refractivity contribution is -0.140. The van der Waals surface area contributed by atoms with Crippen molar-refractivity contribution in [2.45, 2.75) is 6.04 Å². The summed E-state index contributed by atoms with van der Waals surface area (Å²) in [5.41, 5.74) is 0. The number of rotatable bonds is 4. The Labute approximate surface area is 77.7 Å². The Balaban J connectivity index is 2.31. The van der Waals surface area contributed by atoms with Gasteiger partial charge in [0.15, 0.2) is 0 Å². The lowest BCUT2D eigenvalue weighted by Gasteiger charge is -2.28. The van der Waals surface area contributed by atoms with Gasteiger partial charge in [0.25, 0.3) is 0 Å². The zero-order valence-corrected chi connectivity index (χ0v) is 7.82. The summed E-state index contributed by atoms with van der Waals surface area (Å²) in [6, 6.07) is -0.474. The first-order chi connectivity index (χ1) is 6.24. The third-order valence-corrected chi connectivity index (χ3v) is 2.19. The van der Waals surface area contributed by atoms with Crippen molar-refractivity contribution in [1.82, 2.24) is 10.2 Å². The van der Waals surface area contributed by atoms with Gasteiger partial charge in [-0.15, -0.1) is 0 Å². The molecule has 0 aliphatic carbocycles. The Morgan fingerprint density at radius 3 is 2.69 bits per heavy atom. The number of carboxylic acid groups (broad SMARTS) is 1. The number of carboxylic acids is 1. The summed E-state index contributed by atoms with van der Waals surface area (Å²) >= 11 is 0. The van der Waals surface area contributed by atoms with E-state index in [0.717, 1.165) is 13.1 Å². The SMILES string of the molecule is CNC(CN1CCOCC1)C(=O)O. The van der Waals surface area contributed by atoms with Crippen LogP contribution in [-0.4, -0.2) is 61.9 Å². The summed E-state index contributed by atoms with van der Waals surface area (Å²) < 4.78 is 5.17. The summed E-state index contributed by atoms with van der Waals surface area (Å²) in [6.07, 6.45) is 0. The molecule has 0 aromatic heterocycles. The molecule has 1 saturated heterocycles. The average molecular weight is 188 g/mol. The van der Waals surface area contributed by atoms with Gasteiger partial charge in [-0.3, -0.25) is 9.69 Å². The molecule has 1 rings (SSSR count). The van der Waals surface area contributed by atoms with E-state index < -0.39 is 12.0 Å². The lowest BCUT2D eigenvalue weighted by atomic mass is 10.2. The molecule has 0 aromatic carbocycles. The first-order valence-corrected chi connectivity index (χ1v) is 4.44. The highest BCUT2D eigenvalue weighted by atomic mass is 16.5. The molecule has 76 valence electrons. The van der Waals surface area contributed by atoms with Crippen molar-refractivity contribution >= 4 is 5.97 Å². The summed E-state index contributed by atoms with van der Waals surface area (Å²) in [6.45, 7) is 3.61. The Morgan fingerprint density at radius 1 is 1.62 bits per heavy atom. The molecule has 0 saturated carbocycles. The van der Waals surface area contributed by atoms with Gasteiger partial charge in [-0.05, 0) is 7.05 Å². The van der Waals surface area contributed by atoms with Crippen LogP contribution in [0.1, 0.15) is 0 Å². The third-order valence-electron chi connectivity index (χ3n) is 2.19. The molecule has 1 fully saturated rings. The van der Waals surface area contributed by atoms with Gasteiger partial charge in [-0.25, -0.2) is 0 Å². The predicted octanol–water partition coefficient (Wildman–Crippen LogP) is -1.01. The van der Waals surface area contributed by atoms with Crippen LogP contribution in [0.3, 0.4) is 0 Å². The van der Waals surface area contributed by atoms with E-state index in [-0.39, 0.29) is 0 Å². The van der Waals surface area contributed by atoms with Gasteiger partial charge in [0.1, 0.15) is 6.04 Å². The van der Waals surface area contributed by atoms with Crippen LogP contribution >= 0.6 is 0 Å². The van der Waals surface area contributed by atoms with Crippen LogP contribution in [-0.2, 0) is 9.53 Å². The van der Waals surface area contributed by atoms with Gasteiger partial charge in [-0.2, -0.15) is 0 Å². The molecule has 5 nitrogen and oxygen atoms in total. The minimum Gasteiger partial charge on any atom is -0.480 e. The maximum absolute atomic E-state index is 10.7. The summed E-state index contributed by atoms with van der Waals surface area (Å²) in [5, 5.41) is 11.6. The van der Waals surface area contributed by atoms with E-state index >= 15 is 0 Å². The van der Waals surface area contributed by atoms with E-state index in [9.17, 15) is 4.79 Å². The van der Waals surface area contributed by atoms with Gasteiger partial charge in [-0.1, -0.05) is 0 Å². The second-order valence-electron chi connectivity index (χ2n) is 3.09. The van der Waals surface area contributed by atoms with Crippen LogP contribution in [0.4, 0.5) is 0 Å². The van der Waals surface area contributed by atoms with Crippen LogP contribution < -0.4 is 5.32 Å². The molecule has 0 amide bonds. The van der Waals surface area contributed by atoms with Crippen molar-refractivity contribution < 1.29 is 14.6 Å². The second-order valence-corrected chi connectivity index (χ2v) is 3.09. The molecule has 1 heterocycles. The maximum Gasteiger partial charge on any atom is 0.322 e. The summed E-state index contributed by atoms with van der Waals surface area (Å²) in [7, 11) is 1.67. The van der Waals surface area contributed by atoms with E-state index in [0.29, 0.717) is 19.8 Å². The second kappa shape index (κ2) is 5.16. The maximum atomic E-state index is 10.7. The molecular weight excluding hydrogens is 172 g/mol. The normalized spacial score (nSPS) is 21.3. The highest BCUT2D eigenvalue weighted by molar-refractivity contribution is 5.73. The quantitative estimate of drug-likeness (QED) is 0.592. The number of hydrogen-bond acceptors (Lipinski definition) is 4. The van der Waals surface area contributed by atoms with Gasteiger partial charge in [0.2, 0.25) is 0 Å². The van der Waals surface area contributed by atoms with Crippen molar-refractivity contribution in [3.05, 3.63) is 0 Å². The number of likely N-dealkylation sites (N-methyl/N-ethyl adjacent to an activating group) is 1. The minimum absolute atomic E-state index is 0.474. The van der Waals surface area contributed by atoms with Crippen LogP contribution in [0.15, 0.2) is 0 Å². The average Bonchev–Trinajstić information content (AvgIpc) is 2.15. The largest absolute Gasteiger partial charge is 0.480 e. The van der Waals surface area contributed by atoms with E-state index in [1.807, 2.05) is 0 Å². The molecule has 0 bridgehead atoms. The zero-order valence-electron chi connectivity index (χ0n) is 7.82. The topological polar surface area (TPSA) is 61.8 Å². The highest BCUT2D eigenvalue weighted by Gasteiger charge is 2.20. The summed E-state index contributed by atoms with van der Waals surface area (Å²) in [4.78, 5) is 12.8. The number of aliphatic carboxylic acids is 1. The van der Waals surface area contributed by atoms with Gasteiger partial charge < -0.3 is 15.2 Å².